The number of carbonyl (C=O) groups is 6. The minimum atomic E-state index is -0.812. The molecule has 0 aromatic rings. The Morgan fingerprint density at radius 3 is 1.55 bits per heavy atom. The van der Waals surface area contributed by atoms with Crippen LogP contribution in [-0.2, 0) is 67.9 Å². The van der Waals surface area contributed by atoms with Crippen LogP contribution >= 0.6 is 0 Å². The van der Waals surface area contributed by atoms with Crippen LogP contribution in [0.5, 0.6) is 0 Å². The van der Waals surface area contributed by atoms with Crippen LogP contribution < -0.4 is 5.32 Å². The summed E-state index contributed by atoms with van der Waals surface area (Å²) in [6, 6.07) is 0. The number of nitrogens with one attached hydrogen (secondary N) is 1. The van der Waals surface area contributed by atoms with E-state index < -0.39 is 36.1 Å². The molecule has 3 atom stereocenters. The summed E-state index contributed by atoms with van der Waals surface area (Å²) >= 11 is 0. The van der Waals surface area contributed by atoms with E-state index in [9.17, 15) is 28.8 Å². The van der Waals surface area contributed by atoms with E-state index in [1.54, 1.807) is 11.8 Å². The maximum Gasteiger partial charge on any atom is 0.345 e. The second kappa shape index (κ2) is 28.1. The van der Waals surface area contributed by atoms with Crippen molar-refractivity contribution < 1.29 is 67.9 Å². The zero-order valence-corrected chi connectivity index (χ0v) is 34.3. The molecule has 0 aromatic carbocycles. The quantitative estimate of drug-likeness (QED) is 0.143. The van der Waals surface area contributed by atoms with Crippen LogP contribution in [0.3, 0.4) is 0 Å². The zero-order chi connectivity index (χ0) is 41.2. The van der Waals surface area contributed by atoms with Gasteiger partial charge in [-0.25, -0.2) is 19.2 Å². The van der Waals surface area contributed by atoms with Crippen molar-refractivity contribution in [3.05, 3.63) is 0 Å². The Morgan fingerprint density at radius 2 is 1.11 bits per heavy atom. The van der Waals surface area contributed by atoms with Crippen molar-refractivity contribution in [2.24, 2.45) is 11.3 Å². The Balaban J connectivity index is 0. The van der Waals surface area contributed by atoms with E-state index in [2.05, 4.69) is 55.4 Å². The Hall–Kier alpha value is -3.38. The van der Waals surface area contributed by atoms with Gasteiger partial charge in [0.05, 0.1) is 27.1 Å². The summed E-state index contributed by atoms with van der Waals surface area (Å²) in [5.41, 5.74) is -0.0185. The summed E-state index contributed by atoms with van der Waals surface area (Å²) in [5, 5.41) is 3.40. The van der Waals surface area contributed by atoms with Crippen molar-refractivity contribution in [1.82, 2.24) is 15.1 Å². The molecule has 1 unspecified atom stereocenters. The molecule has 1 aliphatic heterocycles. The van der Waals surface area contributed by atoms with Crippen molar-refractivity contribution in [1.29, 1.82) is 0 Å². The molecular formula is C36H67N3O14. The van der Waals surface area contributed by atoms with E-state index in [0.29, 0.717) is 52.0 Å². The van der Waals surface area contributed by atoms with Gasteiger partial charge in [0.25, 0.3) is 0 Å². The minimum Gasteiger partial charge on any atom is -0.339 e. The lowest BCUT2D eigenvalue weighted by molar-refractivity contribution is -0.311. The number of amides is 2. The van der Waals surface area contributed by atoms with Crippen molar-refractivity contribution in [2.75, 3.05) is 46.9 Å². The molecular weight excluding hydrogens is 698 g/mol. The molecule has 0 aromatic heterocycles. The summed E-state index contributed by atoms with van der Waals surface area (Å²) in [4.78, 5) is 110. The minimum absolute atomic E-state index is 0.0220. The van der Waals surface area contributed by atoms with Crippen LogP contribution in [0.4, 0.5) is 0 Å². The third-order valence-electron chi connectivity index (χ3n) is 7.29. The Bertz CT molecular complexity index is 1080. The van der Waals surface area contributed by atoms with Crippen molar-refractivity contribution in [2.45, 2.75) is 139 Å². The molecule has 0 spiro atoms. The highest BCUT2D eigenvalue weighted by molar-refractivity contribution is 5.78. The van der Waals surface area contributed by atoms with Gasteiger partial charge in [-0.15, -0.1) is 0 Å². The van der Waals surface area contributed by atoms with E-state index in [0.717, 1.165) is 6.42 Å². The van der Waals surface area contributed by atoms with E-state index in [-0.39, 0.29) is 47.9 Å². The van der Waals surface area contributed by atoms with E-state index >= 15 is 0 Å². The van der Waals surface area contributed by atoms with Crippen molar-refractivity contribution in [3.63, 3.8) is 0 Å². The van der Waals surface area contributed by atoms with Crippen LogP contribution in [0.15, 0.2) is 0 Å². The predicted octanol–water partition coefficient (Wildman–Crippen LogP) is 4.41. The number of hydrogen-bond acceptors (Lipinski definition) is 15. The molecule has 1 N–H and O–H groups in total. The molecule has 0 aliphatic carbocycles. The van der Waals surface area contributed by atoms with Crippen molar-refractivity contribution >= 4 is 35.7 Å². The highest BCUT2D eigenvalue weighted by Gasteiger charge is 2.31. The third-order valence-corrected chi connectivity index (χ3v) is 7.29. The van der Waals surface area contributed by atoms with Crippen LogP contribution in [0.1, 0.15) is 121 Å². The van der Waals surface area contributed by atoms with Gasteiger partial charge in [0, 0.05) is 58.4 Å². The number of piperazine rings is 1. The molecule has 0 saturated carbocycles. The molecule has 0 bridgehead atoms. The lowest BCUT2D eigenvalue weighted by Crippen LogP contribution is -2.50. The van der Waals surface area contributed by atoms with E-state index in [4.69, 9.17) is 9.78 Å². The zero-order valence-electron chi connectivity index (χ0n) is 34.3. The molecule has 17 heteroatoms. The van der Waals surface area contributed by atoms with Crippen molar-refractivity contribution in [3.8, 4) is 0 Å². The number of carbonyl (C=O) groups excluding carboxylic acids is 6. The van der Waals surface area contributed by atoms with Gasteiger partial charge in [-0.2, -0.15) is 19.6 Å². The molecule has 1 aliphatic rings. The number of nitrogens with zero attached hydrogens (tertiary/aromatic N) is 2. The summed E-state index contributed by atoms with van der Waals surface area (Å²) in [6.45, 7) is 23.1. The lowest BCUT2D eigenvalue weighted by atomic mass is 9.90. The normalized spacial score (nSPS) is 14.6. The first-order valence-electron chi connectivity index (χ1n) is 18.1. The second-order valence-corrected chi connectivity index (χ2v) is 14.4. The molecule has 17 nitrogen and oxygen atoms in total. The molecule has 1 heterocycles. The average Bonchev–Trinajstić information content (AvgIpc) is 3.06. The molecule has 53 heavy (non-hydrogen) atoms. The first kappa shape index (κ1) is 51.7. The monoisotopic (exact) mass is 765 g/mol. The fraction of sp³-hybridized carbons (Fsp3) is 0.833. The lowest BCUT2D eigenvalue weighted by Gasteiger charge is -2.35. The predicted molar refractivity (Wildman–Crippen MR) is 193 cm³/mol. The fourth-order valence-electron chi connectivity index (χ4n) is 4.71. The van der Waals surface area contributed by atoms with Gasteiger partial charge in [-0.3, -0.25) is 29.1 Å². The topological polar surface area (TPSA) is 195 Å². The Kier molecular flexibility index (Phi) is 27.4. The van der Waals surface area contributed by atoms with Gasteiger partial charge < -0.3 is 15.1 Å². The molecule has 1 fully saturated rings. The smallest absolute Gasteiger partial charge is 0.339 e. The SMILES string of the molecule is CC.COOC(=O)C[C@@H](C)OOC(C)=O.COOC(=O)C[C@H](OOC(C)=O)C(CCNC(C)(C)C)CCC(=O)N1CCN(C(=O)CCC(C)(C)C)CC1. The highest BCUT2D eigenvalue weighted by Crippen LogP contribution is 2.24. The van der Waals surface area contributed by atoms with Gasteiger partial charge in [0.15, 0.2) is 0 Å². The van der Waals surface area contributed by atoms with Crippen LogP contribution in [0.25, 0.3) is 0 Å². The van der Waals surface area contributed by atoms with Gasteiger partial charge in [-0.1, -0.05) is 34.6 Å². The second-order valence-electron chi connectivity index (χ2n) is 14.4. The summed E-state index contributed by atoms with van der Waals surface area (Å²) in [7, 11) is 2.44. The summed E-state index contributed by atoms with van der Waals surface area (Å²) in [5.74, 6) is -2.66. The Morgan fingerprint density at radius 1 is 0.660 bits per heavy atom. The van der Waals surface area contributed by atoms with Crippen LogP contribution in [0.2, 0.25) is 0 Å². The molecule has 1 rings (SSSR count). The average molecular weight is 766 g/mol. The maximum absolute atomic E-state index is 13.1. The van der Waals surface area contributed by atoms with Gasteiger partial charge in [0.2, 0.25) is 11.8 Å². The van der Waals surface area contributed by atoms with Gasteiger partial charge >= 0.3 is 23.9 Å². The molecule has 0 radical (unpaired) electrons. The molecule has 310 valence electrons. The van der Waals surface area contributed by atoms with E-state index in [1.165, 1.54) is 28.1 Å². The number of hydrogen-bond donors (Lipinski definition) is 1. The fourth-order valence-corrected chi connectivity index (χ4v) is 4.71. The first-order chi connectivity index (χ1) is 24.7. The molecule has 2 amide bonds. The summed E-state index contributed by atoms with van der Waals surface area (Å²) in [6.07, 6.45) is 0.930. The highest BCUT2D eigenvalue weighted by atomic mass is 17.2. The van der Waals surface area contributed by atoms with E-state index in [1.807, 2.05) is 39.5 Å². The maximum atomic E-state index is 13.1. The largest absolute Gasteiger partial charge is 0.345 e. The van der Waals surface area contributed by atoms with Gasteiger partial charge in [0.1, 0.15) is 12.2 Å². The van der Waals surface area contributed by atoms with Crippen LogP contribution in [-0.4, -0.2) is 110 Å². The third kappa shape index (κ3) is 28.8. The number of rotatable bonds is 19. The van der Waals surface area contributed by atoms with Crippen LogP contribution in [0, 0.1) is 11.3 Å². The summed E-state index contributed by atoms with van der Waals surface area (Å²) < 4.78 is 0. The standard InChI is InChI=1S/C27H49N3O8.C7H12O6.C2H6/c1-20(31)36-37-22(19-25(34)38-35-8)21(12-14-28-27(5,6)7)9-10-23(32)29-15-17-30(18-16-29)24(33)11-13-26(2,3)4;1-5(11-12-6(2)8)4-7(9)13-10-3;1-2/h21-22,28H,9-19H2,1-8H3;5H,4H2,1-3H3;1-2H3/t21?,22-;5-;/m01./s1. The first-order valence-corrected chi connectivity index (χ1v) is 18.1. The van der Waals surface area contributed by atoms with Gasteiger partial charge in [-0.05, 0) is 64.8 Å². The Labute approximate surface area is 315 Å². The molecule has 1 saturated heterocycles.